The van der Waals surface area contributed by atoms with Crippen LogP contribution >= 0.6 is 15.9 Å². The summed E-state index contributed by atoms with van der Waals surface area (Å²) in [4.78, 5) is 22.2. The standard InChI is InChI=1S/C16H13BrN2O3/c1-11-10-14(19(21)22)6-7-15(11)18-9-8-16(20)12-2-4-13(17)5-3-12/h2-10,18H,1H3. The number of nitro benzene ring substituents is 1. The Hall–Kier alpha value is -2.47. The van der Waals surface area contributed by atoms with Gasteiger partial charge in [0.2, 0.25) is 0 Å². The Kier molecular flexibility index (Phi) is 5.06. The highest BCUT2D eigenvalue weighted by Crippen LogP contribution is 2.21. The van der Waals surface area contributed by atoms with Gasteiger partial charge in [-0.2, -0.15) is 0 Å². The maximum atomic E-state index is 11.9. The summed E-state index contributed by atoms with van der Waals surface area (Å²) in [6, 6.07) is 11.6. The predicted molar refractivity (Wildman–Crippen MR) is 89.1 cm³/mol. The van der Waals surface area contributed by atoms with Gasteiger partial charge in [0.15, 0.2) is 5.78 Å². The molecule has 0 aliphatic rings. The van der Waals surface area contributed by atoms with Crippen molar-refractivity contribution in [2.45, 2.75) is 6.92 Å². The molecule has 0 heterocycles. The van der Waals surface area contributed by atoms with E-state index in [4.69, 9.17) is 0 Å². The Bertz CT molecular complexity index is 740. The van der Waals surface area contributed by atoms with Crippen molar-refractivity contribution in [1.29, 1.82) is 0 Å². The molecule has 0 unspecified atom stereocenters. The number of carbonyl (C=O) groups is 1. The minimum Gasteiger partial charge on any atom is -0.361 e. The smallest absolute Gasteiger partial charge is 0.269 e. The number of nitro groups is 1. The van der Waals surface area contributed by atoms with Gasteiger partial charge in [0.1, 0.15) is 0 Å². The maximum absolute atomic E-state index is 11.9. The number of hydrogen-bond acceptors (Lipinski definition) is 4. The molecule has 0 aliphatic heterocycles. The minimum atomic E-state index is -0.441. The van der Waals surface area contributed by atoms with E-state index in [1.54, 1.807) is 37.3 Å². The molecule has 5 nitrogen and oxygen atoms in total. The van der Waals surface area contributed by atoms with E-state index in [0.29, 0.717) is 11.3 Å². The van der Waals surface area contributed by atoms with Crippen molar-refractivity contribution in [2.75, 3.05) is 5.32 Å². The van der Waals surface area contributed by atoms with E-state index < -0.39 is 4.92 Å². The highest BCUT2D eigenvalue weighted by molar-refractivity contribution is 9.10. The summed E-state index contributed by atoms with van der Waals surface area (Å²) in [5.74, 6) is -0.125. The molecular formula is C16H13BrN2O3. The minimum absolute atomic E-state index is 0.0398. The number of aryl methyl sites for hydroxylation is 1. The molecule has 2 aromatic rings. The SMILES string of the molecule is Cc1cc([N+](=O)[O-])ccc1NC=CC(=O)c1ccc(Br)cc1. The molecule has 0 bridgehead atoms. The summed E-state index contributed by atoms with van der Waals surface area (Å²) >= 11 is 3.31. The lowest BCUT2D eigenvalue weighted by Gasteiger charge is -2.04. The largest absolute Gasteiger partial charge is 0.361 e. The summed E-state index contributed by atoms with van der Waals surface area (Å²) in [5.41, 5.74) is 2.07. The quantitative estimate of drug-likeness (QED) is 0.369. The molecule has 0 spiro atoms. The van der Waals surface area contributed by atoms with Gasteiger partial charge >= 0.3 is 0 Å². The van der Waals surface area contributed by atoms with Crippen LogP contribution in [0, 0.1) is 17.0 Å². The third-order valence-corrected chi connectivity index (χ3v) is 3.55. The second-order valence-electron chi connectivity index (χ2n) is 4.61. The molecule has 2 rings (SSSR count). The number of nitrogens with zero attached hydrogens (tertiary/aromatic N) is 1. The topological polar surface area (TPSA) is 72.2 Å². The van der Waals surface area contributed by atoms with E-state index in [0.717, 1.165) is 10.0 Å². The maximum Gasteiger partial charge on any atom is 0.269 e. The Labute approximate surface area is 135 Å². The molecule has 2 aromatic carbocycles. The third-order valence-electron chi connectivity index (χ3n) is 3.02. The van der Waals surface area contributed by atoms with E-state index >= 15 is 0 Å². The lowest BCUT2D eigenvalue weighted by molar-refractivity contribution is -0.384. The van der Waals surface area contributed by atoms with Crippen LogP contribution in [0.25, 0.3) is 0 Å². The number of hydrogen-bond donors (Lipinski definition) is 1. The van der Waals surface area contributed by atoms with Gasteiger partial charge in [-0.15, -0.1) is 0 Å². The summed E-state index contributed by atoms with van der Waals surface area (Å²) < 4.78 is 0.910. The third kappa shape index (κ3) is 4.02. The molecule has 0 radical (unpaired) electrons. The first-order valence-electron chi connectivity index (χ1n) is 6.45. The van der Waals surface area contributed by atoms with E-state index in [1.165, 1.54) is 24.4 Å². The Morgan fingerprint density at radius 3 is 2.50 bits per heavy atom. The van der Waals surface area contributed by atoms with Gasteiger partial charge in [-0.1, -0.05) is 15.9 Å². The molecule has 1 N–H and O–H groups in total. The van der Waals surface area contributed by atoms with Crippen molar-refractivity contribution in [3.8, 4) is 0 Å². The monoisotopic (exact) mass is 360 g/mol. The van der Waals surface area contributed by atoms with Gasteiger partial charge in [-0.05, 0) is 42.8 Å². The van der Waals surface area contributed by atoms with E-state index in [2.05, 4.69) is 21.2 Å². The van der Waals surface area contributed by atoms with Crippen LogP contribution in [0.3, 0.4) is 0 Å². The van der Waals surface area contributed by atoms with Crippen molar-refractivity contribution in [2.24, 2.45) is 0 Å². The van der Waals surface area contributed by atoms with Gasteiger partial charge in [-0.25, -0.2) is 0 Å². The summed E-state index contributed by atoms with van der Waals surface area (Å²) in [6.45, 7) is 1.76. The molecule has 0 saturated carbocycles. The van der Waals surface area contributed by atoms with Crippen LogP contribution in [-0.2, 0) is 0 Å². The van der Waals surface area contributed by atoms with Gasteiger partial charge in [-0.3, -0.25) is 14.9 Å². The van der Waals surface area contributed by atoms with Crippen LogP contribution in [0.5, 0.6) is 0 Å². The molecule has 0 aliphatic carbocycles. The van der Waals surface area contributed by atoms with Crippen molar-refractivity contribution < 1.29 is 9.72 Å². The molecule has 0 amide bonds. The van der Waals surface area contributed by atoms with Crippen molar-refractivity contribution in [1.82, 2.24) is 0 Å². The number of ketones is 1. The molecular weight excluding hydrogens is 348 g/mol. The van der Waals surface area contributed by atoms with Crippen LogP contribution in [0.15, 0.2) is 59.2 Å². The molecule has 0 atom stereocenters. The number of rotatable bonds is 5. The fourth-order valence-electron chi connectivity index (χ4n) is 1.84. The van der Waals surface area contributed by atoms with Crippen molar-refractivity contribution in [3.05, 3.63) is 80.5 Å². The number of benzene rings is 2. The van der Waals surface area contributed by atoms with E-state index in [1.807, 2.05) is 0 Å². The number of anilines is 1. The number of nitrogens with one attached hydrogen (secondary N) is 1. The van der Waals surface area contributed by atoms with Crippen LogP contribution in [0.2, 0.25) is 0 Å². The fraction of sp³-hybridized carbons (Fsp3) is 0.0625. The Morgan fingerprint density at radius 2 is 1.91 bits per heavy atom. The van der Waals surface area contributed by atoms with Gasteiger partial charge in [0.25, 0.3) is 5.69 Å². The van der Waals surface area contributed by atoms with Crippen LogP contribution in [0.4, 0.5) is 11.4 Å². The number of allylic oxidation sites excluding steroid dienone is 1. The number of carbonyl (C=O) groups excluding carboxylic acids is 1. The Morgan fingerprint density at radius 1 is 1.23 bits per heavy atom. The van der Waals surface area contributed by atoms with Crippen LogP contribution in [-0.4, -0.2) is 10.7 Å². The predicted octanol–water partition coefficient (Wildman–Crippen LogP) is 4.47. The Balaban J connectivity index is 2.04. The molecule has 6 heteroatoms. The fourth-order valence-corrected chi connectivity index (χ4v) is 2.11. The highest BCUT2D eigenvalue weighted by Gasteiger charge is 2.07. The van der Waals surface area contributed by atoms with Crippen molar-refractivity contribution >= 4 is 33.1 Å². The van der Waals surface area contributed by atoms with Crippen LogP contribution < -0.4 is 5.32 Å². The first-order chi connectivity index (χ1) is 10.5. The average Bonchev–Trinajstić information content (AvgIpc) is 2.49. The molecule has 0 fully saturated rings. The summed E-state index contributed by atoms with van der Waals surface area (Å²) in [6.07, 6.45) is 2.95. The van der Waals surface area contributed by atoms with E-state index in [9.17, 15) is 14.9 Å². The van der Waals surface area contributed by atoms with Gasteiger partial charge < -0.3 is 5.32 Å². The zero-order chi connectivity index (χ0) is 16.1. The molecule has 0 saturated heterocycles. The average molecular weight is 361 g/mol. The second-order valence-corrected chi connectivity index (χ2v) is 5.52. The first-order valence-corrected chi connectivity index (χ1v) is 7.24. The molecule has 0 aromatic heterocycles. The number of non-ortho nitro benzene ring substituents is 1. The van der Waals surface area contributed by atoms with Gasteiger partial charge in [0, 0.05) is 40.1 Å². The summed E-state index contributed by atoms with van der Waals surface area (Å²) in [7, 11) is 0. The second kappa shape index (κ2) is 7.00. The number of halogens is 1. The lowest BCUT2D eigenvalue weighted by Crippen LogP contribution is -1.97. The van der Waals surface area contributed by atoms with Crippen LogP contribution in [0.1, 0.15) is 15.9 Å². The van der Waals surface area contributed by atoms with Crippen molar-refractivity contribution in [3.63, 3.8) is 0 Å². The van der Waals surface area contributed by atoms with Gasteiger partial charge in [0.05, 0.1) is 4.92 Å². The molecule has 112 valence electrons. The lowest BCUT2D eigenvalue weighted by atomic mass is 10.1. The highest BCUT2D eigenvalue weighted by atomic mass is 79.9. The first kappa shape index (κ1) is 15.9. The zero-order valence-electron chi connectivity index (χ0n) is 11.7. The zero-order valence-corrected chi connectivity index (χ0v) is 13.3. The normalized spacial score (nSPS) is 10.6. The van der Waals surface area contributed by atoms with E-state index in [-0.39, 0.29) is 11.5 Å². The molecule has 22 heavy (non-hydrogen) atoms. The summed E-state index contributed by atoms with van der Waals surface area (Å²) in [5, 5.41) is 13.6.